The Labute approximate surface area is 421 Å². The van der Waals surface area contributed by atoms with Gasteiger partial charge in [0, 0.05) is 45.6 Å². The van der Waals surface area contributed by atoms with Gasteiger partial charge in [0.2, 0.25) is 17.7 Å². The Bertz CT molecular complexity index is 2370. The Morgan fingerprint density at radius 3 is 2.26 bits per heavy atom. The number of pyridine rings is 1. The quantitative estimate of drug-likeness (QED) is 0.0534. The minimum absolute atomic E-state index is 0.0819. The summed E-state index contributed by atoms with van der Waals surface area (Å²) < 4.78 is 17.3. The van der Waals surface area contributed by atoms with E-state index < -0.39 is 28.9 Å². The molecule has 4 amide bonds. The maximum atomic E-state index is 13.9. The lowest BCUT2D eigenvalue weighted by atomic mass is 9.85. The molecule has 15 nitrogen and oxygen atoms in total. The van der Waals surface area contributed by atoms with Crippen LogP contribution < -0.4 is 25.2 Å². The third-order valence-corrected chi connectivity index (χ3v) is 12.9. The molecule has 18 heteroatoms. The minimum atomic E-state index is -1.07. The summed E-state index contributed by atoms with van der Waals surface area (Å²) in [6.07, 6.45) is 4.83. The van der Waals surface area contributed by atoms with Gasteiger partial charge in [0.05, 0.1) is 45.1 Å². The molecule has 4 aromatic rings. The first-order valence-corrected chi connectivity index (χ1v) is 25.0. The Hall–Kier alpha value is -5.51. The number of aryl methyl sites for hydroxylation is 1. The van der Waals surface area contributed by atoms with Crippen LogP contribution >= 0.6 is 35.2 Å². The van der Waals surface area contributed by atoms with E-state index in [-0.39, 0.29) is 35.0 Å². The van der Waals surface area contributed by atoms with Crippen LogP contribution in [0.3, 0.4) is 0 Å². The van der Waals surface area contributed by atoms with Crippen LogP contribution in [0.5, 0.6) is 5.75 Å². The summed E-state index contributed by atoms with van der Waals surface area (Å²) in [4.78, 5) is 68.1. The van der Waals surface area contributed by atoms with E-state index >= 15 is 0 Å². The normalized spacial score (nSPS) is 13.9. The topological polar surface area (TPSA) is 179 Å². The van der Waals surface area contributed by atoms with Gasteiger partial charge >= 0.3 is 0 Å². The number of likely N-dealkylation sites (tertiary alicyclic amines) is 1. The molecule has 1 aliphatic rings. The number of thiazole rings is 1. The number of nitriles is 1. The summed E-state index contributed by atoms with van der Waals surface area (Å²) in [5.74, 6) is -0.476. The van der Waals surface area contributed by atoms with Crippen molar-refractivity contribution in [1.29, 1.82) is 5.26 Å². The van der Waals surface area contributed by atoms with Crippen molar-refractivity contribution in [2.24, 2.45) is 5.41 Å². The lowest BCUT2D eigenvalue weighted by Gasteiger charge is -2.38. The molecule has 2 unspecified atom stereocenters. The molecule has 0 aliphatic carbocycles. The largest absolute Gasteiger partial charge is 0.494 e. The Morgan fingerprint density at radius 1 is 0.971 bits per heavy atom. The van der Waals surface area contributed by atoms with Crippen molar-refractivity contribution in [3.8, 4) is 22.3 Å². The van der Waals surface area contributed by atoms with Crippen LogP contribution in [-0.4, -0.2) is 108 Å². The van der Waals surface area contributed by atoms with Gasteiger partial charge in [-0.1, -0.05) is 82.7 Å². The van der Waals surface area contributed by atoms with E-state index in [2.05, 4.69) is 20.6 Å². The van der Waals surface area contributed by atoms with Crippen molar-refractivity contribution < 1.29 is 33.4 Å². The first-order chi connectivity index (χ1) is 33.0. The first kappa shape index (κ1) is 56.1. The van der Waals surface area contributed by atoms with E-state index in [4.69, 9.17) is 43.3 Å². The van der Waals surface area contributed by atoms with Gasteiger partial charge in [-0.15, -0.1) is 11.3 Å². The smallest absolute Gasteiger partial charge is 0.252 e. The molecule has 2 atom stereocenters. The second kappa shape index (κ2) is 27.0. The summed E-state index contributed by atoms with van der Waals surface area (Å²) in [6.45, 7) is 17.6. The van der Waals surface area contributed by atoms with E-state index in [1.165, 1.54) is 22.7 Å². The van der Waals surface area contributed by atoms with Crippen LogP contribution in [0.1, 0.15) is 97.5 Å². The summed E-state index contributed by atoms with van der Waals surface area (Å²) in [5.41, 5.74) is 5.84. The van der Waals surface area contributed by atoms with Gasteiger partial charge in [0.1, 0.15) is 36.0 Å². The highest BCUT2D eigenvalue weighted by atomic mass is 35.5. The number of benzene rings is 2. The van der Waals surface area contributed by atoms with Crippen molar-refractivity contribution in [1.82, 2.24) is 25.5 Å². The fraction of sp³-hybridized carbons (Fsp3) is 0.490. The zero-order chi connectivity index (χ0) is 50.7. The molecule has 0 spiro atoms. The van der Waals surface area contributed by atoms with Crippen molar-refractivity contribution >= 4 is 75.7 Å². The van der Waals surface area contributed by atoms with Crippen LogP contribution in [0.2, 0.25) is 5.02 Å². The molecule has 1 saturated heterocycles. The lowest BCUT2D eigenvalue weighted by molar-refractivity contribution is -0.144. The number of likely N-dealkylation sites (N-methyl/N-ethyl adjacent to an activating group) is 1. The number of nitrogens with one attached hydrogen (secondary N) is 2. The highest BCUT2D eigenvalue weighted by molar-refractivity contribution is 7.79. The molecule has 2 N–H and O–H groups in total. The van der Waals surface area contributed by atoms with E-state index in [9.17, 15) is 19.2 Å². The molecular formula is C51H67ClN8O7S2. The number of anilines is 2. The molecule has 5 rings (SSSR count). The van der Waals surface area contributed by atoms with Gasteiger partial charge in [-0.3, -0.25) is 19.2 Å². The number of aromatic nitrogens is 2. The Kier molecular flexibility index (Phi) is 22.0. The minimum Gasteiger partial charge on any atom is -0.494 e. The zero-order valence-electron chi connectivity index (χ0n) is 41.3. The molecule has 0 bridgehead atoms. The van der Waals surface area contributed by atoms with Crippen molar-refractivity contribution in [3.63, 3.8) is 0 Å². The molecule has 1 fully saturated rings. The Morgan fingerprint density at radius 2 is 1.64 bits per heavy atom. The average molecular weight is 1000 g/mol. The van der Waals surface area contributed by atoms with Crippen LogP contribution in [0, 0.1) is 23.7 Å². The summed E-state index contributed by atoms with van der Waals surface area (Å²) in [6, 6.07) is 17.3. The number of unbranched alkanes of at least 4 members (excludes halogenated alkanes) is 1. The highest BCUT2D eigenvalue weighted by Crippen LogP contribution is 2.31. The van der Waals surface area contributed by atoms with Gasteiger partial charge in [-0.25, -0.2) is 9.97 Å². The summed E-state index contributed by atoms with van der Waals surface area (Å²) in [5, 5.41) is 15.2. The SMILES string of the molecule is CC.Cc1ncsc1-c1ccc(CNC(=O)C2CCCN2C(=O)C(NC(=O)COCCCOCCCCOc2ccc(N(C=S)C(C)(C)C(=O)N(C)c3cnc(C#N)c(Cl)c3)cc2)C(C)(C)C)cc1. The van der Waals surface area contributed by atoms with Crippen LogP contribution in [0.15, 0.2) is 66.3 Å². The van der Waals surface area contributed by atoms with Crippen LogP contribution in [-0.2, 0) is 35.2 Å². The number of carbonyl (C=O) groups excluding carboxylic acids is 4. The van der Waals surface area contributed by atoms with Gasteiger partial charge in [0.25, 0.3) is 5.91 Å². The number of carbonyl (C=O) groups is 4. The van der Waals surface area contributed by atoms with Gasteiger partial charge < -0.3 is 39.5 Å². The predicted octanol–water partition coefficient (Wildman–Crippen LogP) is 8.69. The van der Waals surface area contributed by atoms with Gasteiger partial charge in [-0.05, 0) is 99.7 Å². The predicted molar refractivity (Wildman–Crippen MR) is 277 cm³/mol. The fourth-order valence-corrected chi connectivity index (χ4v) is 8.95. The number of ether oxygens (including phenoxy) is 3. The number of hydrogen-bond acceptors (Lipinski definition) is 12. The van der Waals surface area contributed by atoms with Gasteiger partial charge in [0.15, 0.2) is 5.69 Å². The second-order valence-corrected chi connectivity index (χ2v) is 19.3. The molecule has 2 aromatic carbocycles. The molecule has 2 aromatic heterocycles. The number of halogens is 1. The lowest BCUT2D eigenvalue weighted by Crippen LogP contribution is -2.58. The molecule has 0 radical (unpaired) electrons. The van der Waals surface area contributed by atoms with E-state index in [1.54, 1.807) is 42.0 Å². The Balaban J connectivity index is 0.00000511. The number of rotatable bonds is 23. The monoisotopic (exact) mass is 1000 g/mol. The standard InChI is InChI=1S/C49H61ClN8O7S2.C2H6/c1-33-43(67-31-54-33)35-15-13-34(14-16-35)28-53-45(60)41-12-10-21-57(41)46(61)44(48(2,3)4)55-42(59)30-64-24-11-23-63-22-8-9-25-65-38-19-17-36(18-20-38)58(32-66)49(5,6)47(62)56(7)37-26-39(50)40(27-51)52-29-37;1-2/h13-20,26,29,31-32,41,44H,8-12,21-25,28,30H2,1-7H3,(H,53,60)(H,55,59);1-2H3. The molecular weight excluding hydrogens is 936 g/mol. The number of hydrogen-bond donors (Lipinski definition) is 2. The zero-order valence-corrected chi connectivity index (χ0v) is 43.7. The molecule has 69 heavy (non-hydrogen) atoms. The van der Waals surface area contributed by atoms with E-state index in [0.29, 0.717) is 75.9 Å². The fourth-order valence-electron chi connectivity index (χ4n) is 7.55. The highest BCUT2D eigenvalue weighted by Gasteiger charge is 2.42. The van der Waals surface area contributed by atoms with Gasteiger partial charge in [-0.2, -0.15) is 5.26 Å². The number of amides is 4. The number of thiocarbonyl (C=S) groups is 1. The summed E-state index contributed by atoms with van der Waals surface area (Å²) in [7, 11) is 1.62. The second-order valence-electron chi connectivity index (χ2n) is 17.8. The molecule has 1 aliphatic heterocycles. The maximum Gasteiger partial charge on any atom is 0.252 e. The van der Waals surface area contributed by atoms with Crippen LogP contribution in [0.25, 0.3) is 10.4 Å². The van der Waals surface area contributed by atoms with Crippen molar-refractivity contribution in [2.75, 3.05) is 56.4 Å². The molecule has 372 valence electrons. The first-order valence-electron chi connectivity index (χ1n) is 23.3. The summed E-state index contributed by atoms with van der Waals surface area (Å²) >= 11 is 13.1. The molecule has 0 saturated carbocycles. The third kappa shape index (κ3) is 15.7. The number of nitrogens with zero attached hydrogens (tertiary/aromatic N) is 6. The van der Waals surface area contributed by atoms with Crippen molar-refractivity contribution in [2.45, 2.75) is 112 Å². The maximum absolute atomic E-state index is 13.9. The average Bonchev–Trinajstić information content (AvgIpc) is 4.02. The van der Waals surface area contributed by atoms with Crippen molar-refractivity contribution in [3.05, 3.63) is 88.3 Å². The van der Waals surface area contributed by atoms with E-state index in [1.807, 2.05) is 102 Å². The third-order valence-electron chi connectivity index (χ3n) is 11.4. The van der Waals surface area contributed by atoms with Crippen LogP contribution in [0.4, 0.5) is 11.4 Å². The molecule has 3 heterocycles. The van der Waals surface area contributed by atoms with E-state index in [0.717, 1.165) is 34.5 Å².